The molecule has 0 N–H and O–H groups in total. The second-order valence-electron chi connectivity index (χ2n) is 5.02. The highest BCUT2D eigenvalue weighted by atomic mass is 15.3. The van der Waals surface area contributed by atoms with Gasteiger partial charge in [0.25, 0.3) is 0 Å². The highest BCUT2D eigenvalue weighted by Crippen LogP contribution is 2.23. The number of benzene rings is 1. The smallest absolute Gasteiger partial charge is 0.160 e. The molecule has 3 rings (SSSR count). The van der Waals surface area contributed by atoms with Gasteiger partial charge in [0.15, 0.2) is 5.82 Å². The van der Waals surface area contributed by atoms with Crippen LogP contribution in [0.25, 0.3) is 22.4 Å². The Labute approximate surface area is 118 Å². The van der Waals surface area contributed by atoms with Crippen molar-refractivity contribution in [3.05, 3.63) is 41.7 Å². The fourth-order valence-corrected chi connectivity index (χ4v) is 2.56. The van der Waals surface area contributed by atoms with E-state index in [4.69, 9.17) is 4.98 Å². The standard InChI is InChI=1S/C16H18N4/c1-4-8-13-14-15(20(3)19-13)11(2)17-16(18-14)12-9-6-5-7-10-12/h5-7,9-10H,4,8H2,1-3H3. The zero-order valence-electron chi connectivity index (χ0n) is 12.1. The van der Waals surface area contributed by atoms with E-state index >= 15 is 0 Å². The highest BCUT2D eigenvalue weighted by Gasteiger charge is 2.14. The van der Waals surface area contributed by atoms with E-state index in [0.717, 1.165) is 46.7 Å². The summed E-state index contributed by atoms with van der Waals surface area (Å²) in [7, 11) is 1.96. The maximum atomic E-state index is 4.75. The van der Waals surface area contributed by atoms with E-state index in [1.54, 1.807) is 0 Å². The molecule has 1 aromatic carbocycles. The van der Waals surface area contributed by atoms with Crippen LogP contribution in [0, 0.1) is 6.92 Å². The molecule has 0 aliphatic carbocycles. The molecule has 0 radical (unpaired) electrons. The molecular weight excluding hydrogens is 248 g/mol. The predicted molar refractivity (Wildman–Crippen MR) is 80.5 cm³/mol. The van der Waals surface area contributed by atoms with Crippen molar-refractivity contribution in [3.63, 3.8) is 0 Å². The van der Waals surface area contributed by atoms with Crippen molar-refractivity contribution in [3.8, 4) is 11.4 Å². The van der Waals surface area contributed by atoms with Crippen LogP contribution in [0.2, 0.25) is 0 Å². The molecule has 2 heterocycles. The number of aromatic nitrogens is 4. The van der Waals surface area contributed by atoms with Crippen LogP contribution in [0.15, 0.2) is 30.3 Å². The molecule has 0 saturated carbocycles. The average molecular weight is 266 g/mol. The Morgan fingerprint density at radius 3 is 2.55 bits per heavy atom. The monoisotopic (exact) mass is 266 g/mol. The summed E-state index contributed by atoms with van der Waals surface area (Å²) in [6, 6.07) is 10.1. The van der Waals surface area contributed by atoms with Gasteiger partial charge in [0.1, 0.15) is 11.0 Å². The molecule has 0 spiro atoms. The van der Waals surface area contributed by atoms with Crippen molar-refractivity contribution in [2.24, 2.45) is 7.05 Å². The van der Waals surface area contributed by atoms with E-state index in [9.17, 15) is 0 Å². The van der Waals surface area contributed by atoms with Crippen LogP contribution in [0.5, 0.6) is 0 Å². The number of fused-ring (bicyclic) bond motifs is 1. The topological polar surface area (TPSA) is 43.6 Å². The highest BCUT2D eigenvalue weighted by molar-refractivity contribution is 5.81. The Kier molecular flexibility index (Phi) is 3.22. The molecule has 0 atom stereocenters. The maximum Gasteiger partial charge on any atom is 0.160 e. The summed E-state index contributed by atoms with van der Waals surface area (Å²) >= 11 is 0. The van der Waals surface area contributed by atoms with Crippen LogP contribution in [0.4, 0.5) is 0 Å². The number of nitrogens with zero attached hydrogens (tertiary/aromatic N) is 4. The minimum atomic E-state index is 0.779. The molecule has 0 bridgehead atoms. The van der Waals surface area contributed by atoms with Crippen molar-refractivity contribution in [2.45, 2.75) is 26.7 Å². The number of rotatable bonds is 3. The lowest BCUT2D eigenvalue weighted by atomic mass is 10.2. The summed E-state index contributed by atoms with van der Waals surface area (Å²) in [6.07, 6.45) is 2.01. The molecule has 102 valence electrons. The zero-order chi connectivity index (χ0) is 14.1. The fourth-order valence-electron chi connectivity index (χ4n) is 2.56. The van der Waals surface area contributed by atoms with Crippen LogP contribution in [0.1, 0.15) is 24.7 Å². The van der Waals surface area contributed by atoms with Gasteiger partial charge in [-0.1, -0.05) is 43.7 Å². The Morgan fingerprint density at radius 2 is 1.85 bits per heavy atom. The third-order valence-electron chi connectivity index (χ3n) is 3.44. The predicted octanol–water partition coefficient (Wildman–Crippen LogP) is 3.29. The minimum Gasteiger partial charge on any atom is -0.264 e. The summed E-state index contributed by atoms with van der Waals surface area (Å²) in [5.74, 6) is 0.779. The first-order chi connectivity index (χ1) is 9.70. The van der Waals surface area contributed by atoms with E-state index in [1.165, 1.54) is 0 Å². The van der Waals surface area contributed by atoms with Crippen molar-refractivity contribution >= 4 is 11.0 Å². The zero-order valence-corrected chi connectivity index (χ0v) is 12.1. The Hall–Kier alpha value is -2.23. The van der Waals surface area contributed by atoms with Gasteiger partial charge < -0.3 is 0 Å². The molecule has 4 heteroatoms. The SMILES string of the molecule is CCCc1nn(C)c2c(C)nc(-c3ccccc3)nc12. The largest absolute Gasteiger partial charge is 0.264 e. The molecule has 4 nitrogen and oxygen atoms in total. The van der Waals surface area contributed by atoms with E-state index in [2.05, 4.69) is 17.0 Å². The molecule has 0 aliphatic heterocycles. The van der Waals surface area contributed by atoms with Gasteiger partial charge in [0, 0.05) is 12.6 Å². The molecular formula is C16H18N4. The molecule has 20 heavy (non-hydrogen) atoms. The summed E-state index contributed by atoms with van der Waals surface area (Å²) in [4.78, 5) is 9.39. The second-order valence-corrected chi connectivity index (χ2v) is 5.02. The normalized spacial score (nSPS) is 11.2. The fraction of sp³-hybridized carbons (Fsp3) is 0.312. The molecule has 0 saturated heterocycles. The van der Waals surface area contributed by atoms with Crippen LogP contribution in [-0.4, -0.2) is 19.7 Å². The van der Waals surface area contributed by atoms with Crippen LogP contribution < -0.4 is 0 Å². The van der Waals surface area contributed by atoms with E-state index < -0.39 is 0 Å². The number of aryl methyl sites for hydroxylation is 3. The molecule has 3 aromatic rings. The van der Waals surface area contributed by atoms with E-state index in [1.807, 2.05) is 49.0 Å². The molecule has 0 unspecified atom stereocenters. The van der Waals surface area contributed by atoms with Gasteiger partial charge in [-0.25, -0.2) is 9.97 Å². The third kappa shape index (κ3) is 2.07. The summed E-state index contributed by atoms with van der Waals surface area (Å²) < 4.78 is 1.89. The van der Waals surface area contributed by atoms with Gasteiger partial charge >= 0.3 is 0 Å². The Balaban J connectivity index is 2.25. The van der Waals surface area contributed by atoms with Crippen molar-refractivity contribution in [1.29, 1.82) is 0 Å². The first kappa shape index (κ1) is 12.8. The molecule has 0 amide bonds. The summed E-state index contributed by atoms with van der Waals surface area (Å²) in [6.45, 7) is 4.18. The Morgan fingerprint density at radius 1 is 1.10 bits per heavy atom. The quantitative estimate of drug-likeness (QED) is 0.730. The second kappa shape index (κ2) is 5.04. The van der Waals surface area contributed by atoms with E-state index in [-0.39, 0.29) is 0 Å². The van der Waals surface area contributed by atoms with Gasteiger partial charge in [-0.15, -0.1) is 0 Å². The lowest BCUT2D eigenvalue weighted by molar-refractivity contribution is 0.751. The number of hydrogen-bond donors (Lipinski definition) is 0. The lowest BCUT2D eigenvalue weighted by Gasteiger charge is -2.04. The van der Waals surface area contributed by atoms with E-state index in [0.29, 0.717) is 0 Å². The third-order valence-corrected chi connectivity index (χ3v) is 3.44. The Bertz CT molecular complexity index is 744. The molecule has 0 aliphatic rings. The van der Waals surface area contributed by atoms with Crippen molar-refractivity contribution < 1.29 is 0 Å². The van der Waals surface area contributed by atoms with Crippen LogP contribution >= 0.6 is 0 Å². The number of hydrogen-bond acceptors (Lipinski definition) is 3. The molecule has 0 fully saturated rings. The van der Waals surface area contributed by atoms with Gasteiger partial charge in [-0.05, 0) is 13.3 Å². The first-order valence-corrected chi connectivity index (χ1v) is 6.96. The first-order valence-electron chi connectivity index (χ1n) is 6.96. The van der Waals surface area contributed by atoms with Crippen molar-refractivity contribution in [2.75, 3.05) is 0 Å². The molecule has 2 aromatic heterocycles. The van der Waals surface area contributed by atoms with Gasteiger partial charge in [-0.2, -0.15) is 5.10 Å². The lowest BCUT2D eigenvalue weighted by Crippen LogP contribution is -1.97. The van der Waals surface area contributed by atoms with Crippen LogP contribution in [-0.2, 0) is 13.5 Å². The maximum absolute atomic E-state index is 4.75. The van der Waals surface area contributed by atoms with Gasteiger partial charge in [-0.3, -0.25) is 4.68 Å². The summed E-state index contributed by atoms with van der Waals surface area (Å²) in [5, 5.41) is 4.59. The van der Waals surface area contributed by atoms with Gasteiger partial charge in [0.2, 0.25) is 0 Å². The van der Waals surface area contributed by atoms with Crippen molar-refractivity contribution in [1.82, 2.24) is 19.7 Å². The van der Waals surface area contributed by atoms with Gasteiger partial charge in [0.05, 0.1) is 11.4 Å². The average Bonchev–Trinajstić information content (AvgIpc) is 2.77. The van der Waals surface area contributed by atoms with Crippen LogP contribution in [0.3, 0.4) is 0 Å². The summed E-state index contributed by atoms with van der Waals surface area (Å²) in [5.41, 5.74) is 5.11. The minimum absolute atomic E-state index is 0.779.